The molecule has 3 aromatic rings. The Balaban J connectivity index is 1.71. The number of anilines is 1. The molecule has 148 valence electrons. The highest BCUT2D eigenvalue weighted by molar-refractivity contribution is 7.90. The third-order valence-corrected chi connectivity index (χ3v) is 7.27. The van der Waals surface area contributed by atoms with Crippen LogP contribution in [0.3, 0.4) is 0 Å². The Morgan fingerprint density at radius 3 is 2.71 bits per heavy atom. The lowest BCUT2D eigenvalue weighted by Gasteiger charge is -2.27. The maximum absolute atomic E-state index is 13.3. The van der Waals surface area contributed by atoms with Crippen molar-refractivity contribution < 1.29 is 17.6 Å². The van der Waals surface area contributed by atoms with Crippen LogP contribution in [0.15, 0.2) is 45.9 Å². The Kier molecular flexibility index (Phi) is 5.25. The molecule has 0 radical (unpaired) electrons. The largest absolute Gasteiger partial charge is 0.467 e. The van der Waals surface area contributed by atoms with Gasteiger partial charge in [-0.3, -0.25) is 9.69 Å². The number of rotatable bonds is 5. The molecule has 1 amide bonds. The van der Waals surface area contributed by atoms with Crippen molar-refractivity contribution >= 4 is 42.4 Å². The molecule has 1 aliphatic carbocycles. The number of sulfone groups is 1. The highest BCUT2D eigenvalue weighted by atomic mass is 32.2. The third-order valence-electron chi connectivity index (χ3n) is 5.12. The number of fused-ring (bicyclic) bond motifs is 1. The number of amides is 1. The lowest BCUT2D eigenvalue weighted by molar-refractivity contribution is -0.123. The van der Waals surface area contributed by atoms with Crippen LogP contribution in [0.1, 0.15) is 37.9 Å². The summed E-state index contributed by atoms with van der Waals surface area (Å²) in [6.45, 7) is 0.321. The van der Waals surface area contributed by atoms with E-state index in [1.54, 1.807) is 35.4 Å². The molecule has 1 aliphatic rings. The number of benzene rings is 1. The first-order valence-electron chi connectivity index (χ1n) is 9.36. The van der Waals surface area contributed by atoms with Crippen LogP contribution in [-0.2, 0) is 21.2 Å². The molecule has 2 heterocycles. The summed E-state index contributed by atoms with van der Waals surface area (Å²) in [4.78, 5) is 19.9. The molecule has 6 nitrogen and oxygen atoms in total. The van der Waals surface area contributed by atoms with Crippen LogP contribution in [0.2, 0.25) is 0 Å². The monoisotopic (exact) mass is 418 g/mol. The summed E-state index contributed by atoms with van der Waals surface area (Å²) < 4.78 is 29.9. The summed E-state index contributed by atoms with van der Waals surface area (Å²) in [5.41, 5.74) is 0.688. The van der Waals surface area contributed by atoms with E-state index in [1.807, 2.05) is 6.07 Å². The van der Waals surface area contributed by atoms with E-state index in [0.717, 1.165) is 30.4 Å². The third kappa shape index (κ3) is 3.98. The second-order valence-electron chi connectivity index (χ2n) is 7.24. The number of carbonyl (C=O) groups is 1. The van der Waals surface area contributed by atoms with Crippen molar-refractivity contribution in [2.24, 2.45) is 5.92 Å². The number of hydrogen-bond acceptors (Lipinski definition) is 6. The van der Waals surface area contributed by atoms with Crippen molar-refractivity contribution in [3.63, 3.8) is 0 Å². The lowest BCUT2D eigenvalue weighted by atomic mass is 9.88. The smallest absolute Gasteiger partial charge is 0.232 e. The maximum atomic E-state index is 13.3. The van der Waals surface area contributed by atoms with Crippen molar-refractivity contribution in [2.75, 3.05) is 11.2 Å². The fourth-order valence-corrected chi connectivity index (χ4v) is 5.34. The SMILES string of the molecule is CS(=O)(=O)c1ccc2nc(N(Cc3ccco3)C(=O)C3CCCCC3)sc2c1. The molecule has 4 rings (SSSR count). The Morgan fingerprint density at radius 2 is 2.04 bits per heavy atom. The lowest BCUT2D eigenvalue weighted by Crippen LogP contribution is -2.36. The van der Waals surface area contributed by atoms with Gasteiger partial charge < -0.3 is 4.42 Å². The molecule has 2 aromatic heterocycles. The van der Waals surface area contributed by atoms with Gasteiger partial charge in [-0.2, -0.15) is 0 Å². The molecular weight excluding hydrogens is 396 g/mol. The molecule has 1 aromatic carbocycles. The fourth-order valence-electron chi connectivity index (χ4n) is 3.61. The van der Waals surface area contributed by atoms with Gasteiger partial charge in [0.05, 0.1) is 27.9 Å². The van der Waals surface area contributed by atoms with E-state index in [4.69, 9.17) is 4.42 Å². The maximum Gasteiger partial charge on any atom is 0.232 e. The van der Waals surface area contributed by atoms with E-state index in [9.17, 15) is 13.2 Å². The number of nitrogens with zero attached hydrogens (tertiary/aromatic N) is 2. The minimum absolute atomic E-state index is 0.00213. The van der Waals surface area contributed by atoms with Crippen molar-refractivity contribution in [3.05, 3.63) is 42.4 Å². The fraction of sp³-hybridized carbons (Fsp3) is 0.400. The van der Waals surface area contributed by atoms with Crippen LogP contribution >= 0.6 is 11.3 Å². The Labute approximate surface area is 168 Å². The first-order chi connectivity index (χ1) is 13.4. The first-order valence-corrected chi connectivity index (χ1v) is 12.1. The Bertz CT molecular complexity index is 1080. The second-order valence-corrected chi connectivity index (χ2v) is 10.3. The van der Waals surface area contributed by atoms with E-state index in [2.05, 4.69) is 4.98 Å². The van der Waals surface area contributed by atoms with Crippen molar-refractivity contribution in [2.45, 2.75) is 43.5 Å². The van der Waals surface area contributed by atoms with Gasteiger partial charge in [0.1, 0.15) is 5.76 Å². The zero-order chi connectivity index (χ0) is 19.7. The molecule has 0 aliphatic heterocycles. The molecule has 0 saturated heterocycles. The summed E-state index contributed by atoms with van der Waals surface area (Å²) in [7, 11) is -3.30. The average Bonchev–Trinajstić information content (AvgIpc) is 3.34. The van der Waals surface area contributed by atoms with Gasteiger partial charge in [-0.15, -0.1) is 0 Å². The molecule has 0 bridgehead atoms. The molecule has 0 unspecified atom stereocenters. The van der Waals surface area contributed by atoms with Crippen LogP contribution in [0.5, 0.6) is 0 Å². The number of hydrogen-bond donors (Lipinski definition) is 0. The average molecular weight is 419 g/mol. The highest BCUT2D eigenvalue weighted by Gasteiger charge is 2.29. The number of furan rings is 1. The quantitative estimate of drug-likeness (QED) is 0.613. The van der Waals surface area contributed by atoms with Gasteiger partial charge in [0, 0.05) is 12.2 Å². The van der Waals surface area contributed by atoms with Crippen molar-refractivity contribution in [1.29, 1.82) is 0 Å². The zero-order valence-corrected chi connectivity index (χ0v) is 17.3. The van der Waals surface area contributed by atoms with E-state index < -0.39 is 9.84 Å². The van der Waals surface area contributed by atoms with Gasteiger partial charge in [0.25, 0.3) is 0 Å². The minimum Gasteiger partial charge on any atom is -0.467 e. The van der Waals surface area contributed by atoms with Gasteiger partial charge in [0.15, 0.2) is 15.0 Å². The van der Waals surface area contributed by atoms with Gasteiger partial charge >= 0.3 is 0 Å². The summed E-state index contributed by atoms with van der Waals surface area (Å²) in [5.74, 6) is 0.765. The Hall–Kier alpha value is -2.19. The predicted molar refractivity (Wildman–Crippen MR) is 109 cm³/mol. The summed E-state index contributed by atoms with van der Waals surface area (Å²) in [6, 6.07) is 8.52. The molecule has 0 atom stereocenters. The standard InChI is InChI=1S/C20H22N2O4S2/c1-28(24,25)16-9-10-17-18(12-16)27-20(21-17)22(13-15-8-5-11-26-15)19(23)14-6-3-2-4-7-14/h5,8-12,14H,2-4,6-7,13H2,1H3. The first kappa shape index (κ1) is 19.1. The van der Waals surface area contributed by atoms with Crippen LogP contribution < -0.4 is 4.90 Å². The van der Waals surface area contributed by atoms with Crippen molar-refractivity contribution in [1.82, 2.24) is 4.98 Å². The van der Waals surface area contributed by atoms with E-state index >= 15 is 0 Å². The van der Waals surface area contributed by atoms with Crippen LogP contribution in [0.25, 0.3) is 10.2 Å². The topological polar surface area (TPSA) is 80.5 Å². The van der Waals surface area contributed by atoms with Crippen molar-refractivity contribution in [3.8, 4) is 0 Å². The molecular formula is C20H22N2O4S2. The zero-order valence-electron chi connectivity index (χ0n) is 15.6. The van der Waals surface area contributed by atoms with Gasteiger partial charge in [0.2, 0.25) is 5.91 Å². The van der Waals surface area contributed by atoms with E-state index in [-0.39, 0.29) is 16.7 Å². The molecule has 8 heteroatoms. The number of thiazole rings is 1. The molecule has 28 heavy (non-hydrogen) atoms. The minimum atomic E-state index is -3.30. The predicted octanol–water partition coefficient (Wildman–Crippen LogP) is 4.41. The van der Waals surface area contributed by atoms with E-state index in [0.29, 0.717) is 23.0 Å². The van der Waals surface area contributed by atoms with Crippen LogP contribution in [0, 0.1) is 5.92 Å². The van der Waals surface area contributed by atoms with Gasteiger partial charge in [-0.1, -0.05) is 30.6 Å². The van der Waals surface area contributed by atoms with E-state index in [1.165, 1.54) is 24.0 Å². The number of aromatic nitrogens is 1. The summed E-state index contributed by atoms with van der Waals surface area (Å²) >= 11 is 1.34. The normalized spacial score (nSPS) is 15.8. The summed E-state index contributed by atoms with van der Waals surface area (Å²) in [6.07, 6.45) is 7.90. The molecule has 1 fully saturated rings. The van der Waals surface area contributed by atoms with Crippen LogP contribution in [0.4, 0.5) is 5.13 Å². The highest BCUT2D eigenvalue weighted by Crippen LogP contribution is 2.34. The summed E-state index contributed by atoms with van der Waals surface area (Å²) in [5, 5.41) is 0.577. The molecule has 0 spiro atoms. The Morgan fingerprint density at radius 1 is 1.25 bits per heavy atom. The van der Waals surface area contributed by atoms with Crippen LogP contribution in [-0.4, -0.2) is 25.6 Å². The van der Waals surface area contributed by atoms with Gasteiger partial charge in [-0.05, 0) is 43.2 Å². The van der Waals surface area contributed by atoms with Gasteiger partial charge in [-0.25, -0.2) is 13.4 Å². The molecule has 1 saturated carbocycles. The molecule has 0 N–H and O–H groups in total. The second kappa shape index (κ2) is 7.67. The number of carbonyl (C=O) groups excluding carboxylic acids is 1.